The van der Waals surface area contributed by atoms with Gasteiger partial charge in [0.25, 0.3) is 0 Å². The van der Waals surface area contributed by atoms with E-state index in [2.05, 4.69) is 49.5 Å². The molecule has 1 saturated carbocycles. The van der Waals surface area contributed by atoms with Gasteiger partial charge in [-0.1, -0.05) is 50.6 Å². The van der Waals surface area contributed by atoms with E-state index in [1.165, 1.54) is 37.8 Å². The van der Waals surface area contributed by atoms with Crippen LogP contribution in [0.3, 0.4) is 0 Å². The average Bonchev–Trinajstić information content (AvgIpc) is 2.26. The van der Waals surface area contributed by atoms with Gasteiger partial charge in [0.2, 0.25) is 0 Å². The van der Waals surface area contributed by atoms with E-state index in [0.29, 0.717) is 5.41 Å². The summed E-state index contributed by atoms with van der Waals surface area (Å²) < 4.78 is 0. The number of hydrogen-bond donors (Lipinski definition) is 1. The van der Waals surface area contributed by atoms with E-state index < -0.39 is 0 Å². The van der Waals surface area contributed by atoms with Gasteiger partial charge in [0.15, 0.2) is 0 Å². The Morgan fingerprint density at radius 1 is 1.18 bits per heavy atom. The van der Waals surface area contributed by atoms with Gasteiger partial charge in [-0.2, -0.15) is 0 Å². The maximum Gasteiger partial charge on any atom is 0.00111 e. The van der Waals surface area contributed by atoms with Crippen molar-refractivity contribution in [2.45, 2.75) is 39.5 Å². The van der Waals surface area contributed by atoms with Gasteiger partial charge < -0.3 is 5.32 Å². The van der Waals surface area contributed by atoms with Crippen molar-refractivity contribution in [1.29, 1.82) is 0 Å². The Kier molecular flexibility index (Phi) is 4.22. The number of benzene rings is 1. The monoisotopic (exact) mass is 231 g/mol. The molecule has 0 heterocycles. The fourth-order valence-corrected chi connectivity index (χ4v) is 2.75. The van der Waals surface area contributed by atoms with Gasteiger partial charge in [-0.15, -0.1) is 0 Å². The van der Waals surface area contributed by atoms with Crippen molar-refractivity contribution in [1.82, 2.24) is 5.32 Å². The lowest BCUT2D eigenvalue weighted by molar-refractivity contribution is 0.129. The smallest absolute Gasteiger partial charge is 0.00111 e. The zero-order valence-corrected chi connectivity index (χ0v) is 11.2. The summed E-state index contributed by atoms with van der Waals surface area (Å²) in [6.45, 7) is 6.89. The fourth-order valence-electron chi connectivity index (χ4n) is 2.75. The van der Waals surface area contributed by atoms with Gasteiger partial charge in [0.1, 0.15) is 0 Å². The van der Waals surface area contributed by atoms with Crippen LogP contribution in [0.1, 0.15) is 38.7 Å². The molecule has 0 aliphatic heterocycles. The van der Waals surface area contributed by atoms with E-state index in [1.54, 1.807) is 0 Å². The van der Waals surface area contributed by atoms with Crippen LogP contribution in [0.5, 0.6) is 0 Å². The summed E-state index contributed by atoms with van der Waals surface area (Å²) in [4.78, 5) is 0. The van der Waals surface area contributed by atoms with Crippen molar-refractivity contribution >= 4 is 0 Å². The molecule has 1 aromatic carbocycles. The Labute approximate surface area is 106 Å². The highest BCUT2D eigenvalue weighted by Gasteiger charge is 2.36. The Morgan fingerprint density at radius 2 is 1.88 bits per heavy atom. The van der Waals surface area contributed by atoms with Crippen LogP contribution >= 0.6 is 0 Å². The van der Waals surface area contributed by atoms with Gasteiger partial charge in [0.05, 0.1) is 0 Å². The summed E-state index contributed by atoms with van der Waals surface area (Å²) in [7, 11) is 0. The predicted molar refractivity (Wildman–Crippen MR) is 74.1 cm³/mol. The largest absolute Gasteiger partial charge is 0.316 e. The van der Waals surface area contributed by atoms with Gasteiger partial charge in [-0.05, 0) is 42.7 Å². The first-order chi connectivity index (χ1) is 8.20. The summed E-state index contributed by atoms with van der Waals surface area (Å²) in [5, 5.41) is 3.65. The summed E-state index contributed by atoms with van der Waals surface area (Å²) in [5.41, 5.74) is 2.05. The fraction of sp³-hybridized carbons (Fsp3) is 0.625. The summed E-state index contributed by atoms with van der Waals surface area (Å²) in [6, 6.07) is 10.9. The van der Waals surface area contributed by atoms with Crippen molar-refractivity contribution in [3.63, 3.8) is 0 Å². The third kappa shape index (κ3) is 3.57. The molecular formula is C16H25N. The topological polar surface area (TPSA) is 12.0 Å². The minimum Gasteiger partial charge on any atom is -0.316 e. The molecule has 0 amide bonds. The van der Waals surface area contributed by atoms with Crippen LogP contribution < -0.4 is 5.32 Å². The van der Waals surface area contributed by atoms with E-state index in [-0.39, 0.29) is 0 Å². The highest BCUT2D eigenvalue weighted by Crippen LogP contribution is 2.43. The standard InChI is InChI=1S/C16H25N/c1-14(2)12-17-13-16(9-6-10-16)11-15-7-4-3-5-8-15/h3-5,7-8,14,17H,6,9-13H2,1-2H3. The quantitative estimate of drug-likeness (QED) is 0.788. The predicted octanol–water partition coefficient (Wildman–Crippen LogP) is 3.65. The Balaban J connectivity index is 1.87. The molecule has 1 aromatic rings. The van der Waals surface area contributed by atoms with Crippen molar-refractivity contribution in [2.24, 2.45) is 11.3 Å². The maximum absolute atomic E-state index is 3.65. The van der Waals surface area contributed by atoms with Gasteiger partial charge in [-0.3, -0.25) is 0 Å². The van der Waals surface area contributed by atoms with E-state index in [0.717, 1.165) is 12.5 Å². The number of hydrogen-bond acceptors (Lipinski definition) is 1. The minimum absolute atomic E-state index is 0.552. The molecule has 17 heavy (non-hydrogen) atoms. The van der Waals surface area contributed by atoms with Gasteiger partial charge in [0, 0.05) is 6.54 Å². The molecule has 2 rings (SSSR count). The second-order valence-corrected chi connectivity index (χ2v) is 6.04. The van der Waals surface area contributed by atoms with Crippen molar-refractivity contribution < 1.29 is 0 Å². The van der Waals surface area contributed by atoms with Crippen LogP contribution in [-0.2, 0) is 6.42 Å². The Hall–Kier alpha value is -0.820. The van der Waals surface area contributed by atoms with Gasteiger partial charge >= 0.3 is 0 Å². The molecule has 1 fully saturated rings. The molecule has 1 N–H and O–H groups in total. The normalized spacial score (nSPS) is 18.1. The summed E-state index contributed by atoms with van der Waals surface area (Å²) in [6.07, 6.45) is 5.45. The zero-order valence-electron chi connectivity index (χ0n) is 11.2. The first-order valence-corrected chi connectivity index (χ1v) is 6.95. The van der Waals surface area contributed by atoms with Crippen molar-refractivity contribution in [3.8, 4) is 0 Å². The Morgan fingerprint density at radius 3 is 2.41 bits per heavy atom. The highest BCUT2D eigenvalue weighted by atomic mass is 14.9. The van der Waals surface area contributed by atoms with Gasteiger partial charge in [-0.25, -0.2) is 0 Å². The first-order valence-electron chi connectivity index (χ1n) is 6.95. The van der Waals surface area contributed by atoms with Crippen LogP contribution in [0, 0.1) is 11.3 Å². The lowest BCUT2D eigenvalue weighted by atomic mass is 9.65. The van der Waals surface area contributed by atoms with Crippen molar-refractivity contribution in [2.75, 3.05) is 13.1 Å². The third-order valence-corrected chi connectivity index (χ3v) is 3.89. The van der Waals surface area contributed by atoms with Crippen LogP contribution in [0.15, 0.2) is 30.3 Å². The molecule has 1 nitrogen and oxygen atoms in total. The maximum atomic E-state index is 3.65. The van der Waals surface area contributed by atoms with E-state index >= 15 is 0 Å². The molecule has 94 valence electrons. The lowest BCUT2D eigenvalue weighted by Crippen LogP contribution is -2.42. The second kappa shape index (κ2) is 5.68. The van der Waals surface area contributed by atoms with Crippen LogP contribution in [0.4, 0.5) is 0 Å². The molecule has 0 radical (unpaired) electrons. The molecule has 1 heteroatoms. The number of rotatable bonds is 6. The Bertz CT molecular complexity index is 325. The summed E-state index contributed by atoms with van der Waals surface area (Å²) >= 11 is 0. The molecule has 0 spiro atoms. The molecule has 0 atom stereocenters. The first kappa shape index (κ1) is 12.6. The van der Waals surface area contributed by atoms with E-state index in [1.807, 2.05) is 0 Å². The van der Waals surface area contributed by atoms with E-state index in [4.69, 9.17) is 0 Å². The van der Waals surface area contributed by atoms with Crippen molar-refractivity contribution in [3.05, 3.63) is 35.9 Å². The van der Waals surface area contributed by atoms with E-state index in [9.17, 15) is 0 Å². The highest BCUT2D eigenvalue weighted by molar-refractivity contribution is 5.17. The third-order valence-electron chi connectivity index (χ3n) is 3.89. The molecular weight excluding hydrogens is 206 g/mol. The minimum atomic E-state index is 0.552. The second-order valence-electron chi connectivity index (χ2n) is 6.04. The molecule has 1 aliphatic rings. The van der Waals surface area contributed by atoms with Crippen LogP contribution in [0.2, 0.25) is 0 Å². The van der Waals surface area contributed by atoms with Crippen LogP contribution in [0.25, 0.3) is 0 Å². The summed E-state index contributed by atoms with van der Waals surface area (Å²) in [5.74, 6) is 0.754. The number of nitrogens with one attached hydrogen (secondary N) is 1. The SMILES string of the molecule is CC(C)CNCC1(Cc2ccccc2)CCC1. The average molecular weight is 231 g/mol. The zero-order chi connectivity index (χ0) is 12.1. The lowest BCUT2D eigenvalue weighted by Gasteiger charge is -2.42. The molecule has 0 saturated heterocycles. The molecule has 0 unspecified atom stereocenters. The molecule has 0 aromatic heterocycles. The van der Waals surface area contributed by atoms with Crippen LogP contribution in [-0.4, -0.2) is 13.1 Å². The molecule has 0 bridgehead atoms. The molecule has 1 aliphatic carbocycles.